The van der Waals surface area contributed by atoms with Crippen molar-refractivity contribution in [3.8, 4) is 5.75 Å². The number of hydrogen-bond acceptors (Lipinski definition) is 8. The van der Waals surface area contributed by atoms with Gasteiger partial charge in [-0.1, -0.05) is 41.3 Å². The van der Waals surface area contributed by atoms with E-state index in [1.165, 1.54) is 35.9 Å². The van der Waals surface area contributed by atoms with Crippen molar-refractivity contribution >= 4 is 34.1 Å². The van der Waals surface area contributed by atoms with Crippen molar-refractivity contribution in [1.82, 2.24) is 25.0 Å². The van der Waals surface area contributed by atoms with Gasteiger partial charge in [-0.25, -0.2) is 0 Å². The van der Waals surface area contributed by atoms with E-state index in [0.717, 1.165) is 16.6 Å². The molecule has 0 aliphatic heterocycles. The number of carbonyl (C=O) groups excluding carboxylic acids is 1. The van der Waals surface area contributed by atoms with Crippen molar-refractivity contribution in [3.05, 3.63) is 41.2 Å². The van der Waals surface area contributed by atoms with Crippen molar-refractivity contribution in [2.45, 2.75) is 50.4 Å². The van der Waals surface area contributed by atoms with E-state index in [2.05, 4.69) is 25.7 Å². The molecule has 0 unspecified atom stereocenters. The minimum Gasteiger partial charge on any atom is -0.483 e. The summed E-state index contributed by atoms with van der Waals surface area (Å²) in [6, 6.07) is 9.62. The highest BCUT2D eigenvalue weighted by atomic mass is 32.2. The third-order valence-corrected chi connectivity index (χ3v) is 6.40. The minimum absolute atomic E-state index is 0.130. The summed E-state index contributed by atoms with van der Waals surface area (Å²) in [5, 5.41) is 21.8. The fourth-order valence-corrected chi connectivity index (χ4v) is 4.56. The van der Waals surface area contributed by atoms with Crippen LogP contribution in [0.5, 0.6) is 5.75 Å². The molecule has 152 valence electrons. The molecular weight excluding hydrogens is 408 g/mol. The van der Waals surface area contributed by atoms with Gasteiger partial charge < -0.3 is 9.30 Å². The van der Waals surface area contributed by atoms with E-state index in [1.54, 1.807) is 0 Å². The van der Waals surface area contributed by atoms with Crippen LogP contribution in [0.3, 0.4) is 0 Å². The zero-order valence-corrected chi connectivity index (χ0v) is 17.9. The van der Waals surface area contributed by atoms with Gasteiger partial charge in [0.05, 0.1) is 5.75 Å². The summed E-state index contributed by atoms with van der Waals surface area (Å²) in [6.45, 7) is 4.65. The molecule has 3 aromatic rings. The van der Waals surface area contributed by atoms with Crippen LogP contribution in [0.15, 0.2) is 35.5 Å². The number of nitrogens with zero attached hydrogens (tertiary/aromatic N) is 5. The van der Waals surface area contributed by atoms with Crippen LogP contribution in [0, 0.1) is 0 Å². The molecule has 1 amide bonds. The first-order chi connectivity index (χ1) is 14.1. The van der Waals surface area contributed by atoms with Crippen LogP contribution in [-0.2, 0) is 11.3 Å². The monoisotopic (exact) mass is 430 g/mol. The number of anilines is 1. The van der Waals surface area contributed by atoms with Gasteiger partial charge in [-0.2, -0.15) is 0 Å². The Kier molecular flexibility index (Phi) is 6.10. The Morgan fingerprint density at radius 1 is 1.28 bits per heavy atom. The van der Waals surface area contributed by atoms with Gasteiger partial charge in [0.2, 0.25) is 11.0 Å². The molecule has 0 spiro atoms. The third-order valence-electron chi connectivity index (χ3n) is 4.43. The molecule has 2 aromatic heterocycles. The van der Waals surface area contributed by atoms with Crippen LogP contribution in [0.1, 0.15) is 49.5 Å². The smallest absolute Gasteiger partial charge is 0.236 e. The molecule has 1 N–H and O–H groups in total. The topological polar surface area (TPSA) is 94.8 Å². The second-order valence-corrected chi connectivity index (χ2v) is 8.67. The Hall–Kier alpha value is -2.46. The van der Waals surface area contributed by atoms with Crippen LogP contribution >= 0.6 is 23.1 Å². The lowest BCUT2D eigenvalue weighted by Crippen LogP contribution is -2.15. The molecule has 1 aromatic carbocycles. The van der Waals surface area contributed by atoms with E-state index in [4.69, 9.17) is 4.74 Å². The quantitative estimate of drug-likeness (QED) is 0.515. The van der Waals surface area contributed by atoms with Crippen molar-refractivity contribution in [2.75, 3.05) is 11.1 Å². The number of ether oxygens (including phenoxy) is 1. The second kappa shape index (κ2) is 8.91. The Morgan fingerprint density at radius 3 is 2.79 bits per heavy atom. The van der Waals surface area contributed by atoms with Crippen molar-refractivity contribution in [3.63, 3.8) is 0 Å². The summed E-state index contributed by atoms with van der Waals surface area (Å²) in [7, 11) is 0. The fraction of sp³-hybridized carbons (Fsp3) is 0.421. The van der Waals surface area contributed by atoms with E-state index in [1.807, 2.05) is 48.7 Å². The van der Waals surface area contributed by atoms with Crippen molar-refractivity contribution in [1.29, 1.82) is 0 Å². The van der Waals surface area contributed by atoms with Crippen molar-refractivity contribution in [2.24, 2.45) is 0 Å². The standard InChI is InChI=1S/C19H22N6O2S2/c1-3-25-16(12(2)27-14-7-5-4-6-8-14)21-24-19(25)28-11-15(26)20-18-23-22-17(29-18)13-9-10-13/h4-8,12-13H,3,9-11H2,1-2H3,(H,20,23,26)/t12-/m0/s1. The number of benzene rings is 1. The number of carbonyl (C=O) groups is 1. The lowest BCUT2D eigenvalue weighted by Gasteiger charge is -2.15. The summed E-state index contributed by atoms with van der Waals surface area (Å²) < 4.78 is 7.94. The molecule has 29 heavy (non-hydrogen) atoms. The number of rotatable bonds is 9. The van der Waals surface area contributed by atoms with Gasteiger partial charge in [-0.15, -0.1) is 20.4 Å². The summed E-state index contributed by atoms with van der Waals surface area (Å²) in [4.78, 5) is 12.3. The number of amides is 1. The Labute approximate surface area is 177 Å². The number of thioether (sulfide) groups is 1. The van der Waals surface area contributed by atoms with Gasteiger partial charge in [0.25, 0.3) is 0 Å². The molecule has 10 heteroatoms. The molecular formula is C19H22N6O2S2. The lowest BCUT2D eigenvalue weighted by atomic mass is 10.3. The molecule has 0 radical (unpaired) electrons. The predicted molar refractivity (Wildman–Crippen MR) is 112 cm³/mol. The predicted octanol–water partition coefficient (Wildman–Crippen LogP) is 3.90. The number of nitrogens with one attached hydrogen (secondary N) is 1. The maximum atomic E-state index is 12.3. The zero-order valence-electron chi connectivity index (χ0n) is 16.2. The van der Waals surface area contributed by atoms with Gasteiger partial charge in [-0.05, 0) is 38.8 Å². The highest BCUT2D eigenvalue weighted by molar-refractivity contribution is 7.99. The molecule has 1 aliphatic carbocycles. The van der Waals surface area contributed by atoms with Gasteiger partial charge >= 0.3 is 0 Å². The first-order valence-corrected chi connectivity index (χ1v) is 11.3. The Bertz CT molecular complexity index is 970. The van der Waals surface area contributed by atoms with Crippen LogP contribution in [0.4, 0.5) is 5.13 Å². The van der Waals surface area contributed by atoms with Gasteiger partial charge in [0.1, 0.15) is 10.8 Å². The molecule has 0 saturated heterocycles. The normalized spacial score (nSPS) is 14.6. The lowest BCUT2D eigenvalue weighted by molar-refractivity contribution is -0.113. The number of hydrogen-bond donors (Lipinski definition) is 1. The Morgan fingerprint density at radius 2 is 2.07 bits per heavy atom. The fourth-order valence-electron chi connectivity index (χ4n) is 2.83. The summed E-state index contributed by atoms with van der Waals surface area (Å²) >= 11 is 2.80. The maximum Gasteiger partial charge on any atom is 0.236 e. The van der Waals surface area contributed by atoms with Gasteiger partial charge in [0, 0.05) is 12.5 Å². The van der Waals surface area contributed by atoms with Gasteiger partial charge in [-0.3, -0.25) is 10.1 Å². The molecule has 4 rings (SSSR count). The SMILES string of the molecule is CCn1c(SCC(=O)Nc2nnc(C3CC3)s2)nnc1[C@H](C)Oc1ccccc1. The van der Waals surface area contributed by atoms with Crippen LogP contribution in [-0.4, -0.2) is 36.6 Å². The molecule has 8 nitrogen and oxygen atoms in total. The van der Waals surface area contributed by atoms with Crippen LogP contribution < -0.4 is 10.1 Å². The Balaban J connectivity index is 1.35. The molecule has 1 saturated carbocycles. The van der Waals surface area contributed by atoms with Gasteiger partial charge in [0.15, 0.2) is 17.1 Å². The maximum absolute atomic E-state index is 12.3. The molecule has 0 bridgehead atoms. The number of aromatic nitrogens is 5. The summed E-state index contributed by atoms with van der Waals surface area (Å²) in [6.07, 6.45) is 2.08. The minimum atomic E-state index is -0.254. The molecule has 1 aliphatic rings. The number of para-hydroxylation sites is 1. The van der Waals surface area contributed by atoms with Crippen molar-refractivity contribution < 1.29 is 9.53 Å². The highest BCUT2D eigenvalue weighted by Crippen LogP contribution is 2.42. The average molecular weight is 431 g/mol. The summed E-state index contributed by atoms with van der Waals surface area (Å²) in [5.41, 5.74) is 0. The second-order valence-electron chi connectivity index (χ2n) is 6.71. The van der Waals surface area contributed by atoms with E-state index in [9.17, 15) is 4.79 Å². The van der Waals surface area contributed by atoms with Crippen LogP contribution in [0.25, 0.3) is 0 Å². The molecule has 1 atom stereocenters. The highest BCUT2D eigenvalue weighted by Gasteiger charge is 2.27. The van der Waals surface area contributed by atoms with E-state index >= 15 is 0 Å². The molecule has 1 fully saturated rings. The summed E-state index contributed by atoms with van der Waals surface area (Å²) in [5.74, 6) is 2.15. The van der Waals surface area contributed by atoms with E-state index in [-0.39, 0.29) is 17.8 Å². The van der Waals surface area contributed by atoms with Crippen LogP contribution in [0.2, 0.25) is 0 Å². The molecule has 2 heterocycles. The van der Waals surface area contributed by atoms with E-state index in [0.29, 0.717) is 22.8 Å². The van der Waals surface area contributed by atoms with E-state index < -0.39 is 0 Å². The first kappa shape index (κ1) is 19.8. The largest absolute Gasteiger partial charge is 0.483 e. The average Bonchev–Trinajstić information content (AvgIpc) is 3.33. The third kappa shape index (κ3) is 4.94. The zero-order chi connectivity index (χ0) is 20.2. The first-order valence-electron chi connectivity index (χ1n) is 9.55.